The van der Waals surface area contributed by atoms with Gasteiger partial charge in [0.15, 0.2) is 0 Å². The average Bonchev–Trinajstić information content (AvgIpc) is 2.58. The van der Waals surface area contributed by atoms with E-state index in [0.717, 1.165) is 15.7 Å². The molecule has 24 heavy (non-hydrogen) atoms. The van der Waals surface area contributed by atoms with Gasteiger partial charge in [-0.1, -0.05) is 22.0 Å². The summed E-state index contributed by atoms with van der Waals surface area (Å²) in [5.41, 5.74) is 7.00. The first-order valence-electron chi connectivity index (χ1n) is 8.09. The molecule has 1 aliphatic heterocycles. The number of nitrogens with one attached hydrogen (secondary N) is 2. The SMILES string of the molecule is Cc1ccc(Br)cc1NC(=O)CCNC(=O)C1(CN)CCOCC1. The number of anilines is 1. The minimum Gasteiger partial charge on any atom is -0.381 e. The van der Waals surface area contributed by atoms with Crippen molar-refractivity contribution in [2.24, 2.45) is 11.1 Å². The molecule has 1 aromatic rings. The van der Waals surface area contributed by atoms with Crippen LogP contribution in [0.15, 0.2) is 22.7 Å². The van der Waals surface area contributed by atoms with E-state index in [0.29, 0.717) is 39.1 Å². The van der Waals surface area contributed by atoms with Crippen molar-refractivity contribution >= 4 is 33.4 Å². The minimum absolute atomic E-state index is 0.0836. The largest absolute Gasteiger partial charge is 0.381 e. The van der Waals surface area contributed by atoms with Gasteiger partial charge in [0.05, 0.1) is 5.41 Å². The molecule has 0 atom stereocenters. The van der Waals surface area contributed by atoms with Crippen LogP contribution >= 0.6 is 15.9 Å². The Bertz CT molecular complexity index is 601. The van der Waals surface area contributed by atoms with Gasteiger partial charge in [-0.05, 0) is 37.5 Å². The Labute approximate surface area is 150 Å². The second kappa shape index (κ2) is 8.60. The summed E-state index contributed by atoms with van der Waals surface area (Å²) in [7, 11) is 0. The van der Waals surface area contributed by atoms with Crippen molar-refractivity contribution in [3.63, 3.8) is 0 Å². The number of hydrogen-bond donors (Lipinski definition) is 3. The van der Waals surface area contributed by atoms with E-state index in [9.17, 15) is 9.59 Å². The van der Waals surface area contributed by atoms with Gasteiger partial charge >= 0.3 is 0 Å². The van der Waals surface area contributed by atoms with Crippen LogP contribution in [0.5, 0.6) is 0 Å². The van der Waals surface area contributed by atoms with Crippen LogP contribution < -0.4 is 16.4 Å². The first kappa shape index (κ1) is 18.9. The number of aryl methyl sites for hydroxylation is 1. The number of carbonyl (C=O) groups excluding carboxylic acids is 2. The van der Waals surface area contributed by atoms with Gasteiger partial charge in [-0.25, -0.2) is 0 Å². The summed E-state index contributed by atoms with van der Waals surface area (Å²) in [5.74, 6) is -0.218. The van der Waals surface area contributed by atoms with E-state index < -0.39 is 5.41 Å². The third-order valence-electron chi connectivity index (χ3n) is 4.43. The number of carbonyl (C=O) groups is 2. The molecular weight excluding hydrogens is 374 g/mol. The van der Waals surface area contributed by atoms with E-state index >= 15 is 0 Å². The van der Waals surface area contributed by atoms with Crippen LogP contribution in [0.4, 0.5) is 5.69 Å². The number of rotatable bonds is 6. The summed E-state index contributed by atoms with van der Waals surface area (Å²) in [5, 5.41) is 5.71. The molecule has 0 saturated carbocycles. The van der Waals surface area contributed by atoms with E-state index in [1.165, 1.54) is 0 Å². The highest BCUT2D eigenvalue weighted by Gasteiger charge is 2.38. The molecule has 1 aromatic carbocycles. The van der Waals surface area contributed by atoms with Crippen molar-refractivity contribution in [3.8, 4) is 0 Å². The number of halogens is 1. The zero-order valence-corrected chi connectivity index (χ0v) is 15.4. The average molecular weight is 398 g/mol. The first-order chi connectivity index (χ1) is 11.5. The molecule has 0 unspecified atom stereocenters. The van der Waals surface area contributed by atoms with E-state index in [1.54, 1.807) is 0 Å². The Morgan fingerprint density at radius 3 is 2.71 bits per heavy atom. The Balaban J connectivity index is 1.81. The topological polar surface area (TPSA) is 93.5 Å². The molecule has 4 N–H and O–H groups in total. The number of hydrogen-bond acceptors (Lipinski definition) is 4. The molecule has 7 heteroatoms. The fraction of sp³-hybridized carbons (Fsp3) is 0.529. The van der Waals surface area contributed by atoms with Crippen molar-refractivity contribution in [1.29, 1.82) is 0 Å². The zero-order chi connectivity index (χ0) is 17.6. The lowest BCUT2D eigenvalue weighted by molar-refractivity contribution is -0.135. The highest BCUT2D eigenvalue weighted by Crippen LogP contribution is 2.29. The van der Waals surface area contributed by atoms with Gasteiger partial charge in [0.2, 0.25) is 11.8 Å². The minimum atomic E-state index is -0.560. The molecule has 2 amide bonds. The summed E-state index contributed by atoms with van der Waals surface area (Å²) in [6, 6.07) is 5.71. The predicted octanol–water partition coefficient (Wildman–Crippen LogP) is 1.96. The molecule has 1 saturated heterocycles. The quantitative estimate of drug-likeness (QED) is 0.683. The van der Waals surface area contributed by atoms with Crippen LogP contribution in [0.25, 0.3) is 0 Å². The lowest BCUT2D eigenvalue weighted by Gasteiger charge is -2.34. The van der Waals surface area contributed by atoms with Crippen LogP contribution in [0, 0.1) is 12.3 Å². The summed E-state index contributed by atoms with van der Waals surface area (Å²) in [6.07, 6.45) is 1.46. The third-order valence-corrected chi connectivity index (χ3v) is 4.93. The summed E-state index contributed by atoms with van der Waals surface area (Å²) >= 11 is 3.39. The van der Waals surface area contributed by atoms with Crippen molar-refractivity contribution < 1.29 is 14.3 Å². The van der Waals surface area contributed by atoms with Crippen molar-refractivity contribution in [2.75, 3.05) is 31.6 Å². The molecule has 0 spiro atoms. The van der Waals surface area contributed by atoms with Crippen molar-refractivity contribution in [3.05, 3.63) is 28.2 Å². The van der Waals surface area contributed by atoms with Crippen molar-refractivity contribution in [2.45, 2.75) is 26.2 Å². The molecule has 132 valence electrons. The number of amides is 2. The fourth-order valence-electron chi connectivity index (χ4n) is 2.70. The number of benzene rings is 1. The smallest absolute Gasteiger partial charge is 0.227 e. The van der Waals surface area contributed by atoms with Gasteiger partial charge in [-0.3, -0.25) is 9.59 Å². The maximum absolute atomic E-state index is 12.4. The van der Waals surface area contributed by atoms with Crippen LogP contribution in [0.3, 0.4) is 0 Å². The van der Waals surface area contributed by atoms with Gasteiger partial charge in [-0.15, -0.1) is 0 Å². The fourth-order valence-corrected chi connectivity index (χ4v) is 3.07. The molecule has 0 aliphatic carbocycles. The van der Waals surface area contributed by atoms with Gasteiger partial charge in [0.25, 0.3) is 0 Å². The Kier molecular flexibility index (Phi) is 6.77. The first-order valence-corrected chi connectivity index (χ1v) is 8.88. The standard InChI is InChI=1S/C17H24BrN3O3/c1-12-2-3-13(18)10-14(12)21-15(22)4-7-20-16(23)17(11-19)5-8-24-9-6-17/h2-3,10H,4-9,11,19H2,1H3,(H,20,23)(H,21,22). The molecule has 1 fully saturated rings. The Hall–Kier alpha value is -1.44. The van der Waals surface area contributed by atoms with E-state index in [4.69, 9.17) is 10.5 Å². The highest BCUT2D eigenvalue weighted by molar-refractivity contribution is 9.10. The summed E-state index contributed by atoms with van der Waals surface area (Å²) < 4.78 is 6.21. The molecule has 1 aliphatic rings. The third kappa shape index (κ3) is 4.78. The summed E-state index contributed by atoms with van der Waals surface area (Å²) in [4.78, 5) is 24.5. The highest BCUT2D eigenvalue weighted by atomic mass is 79.9. The van der Waals surface area contributed by atoms with Crippen LogP contribution in [0.2, 0.25) is 0 Å². The van der Waals surface area contributed by atoms with Crippen LogP contribution in [0.1, 0.15) is 24.8 Å². The lowest BCUT2D eigenvalue weighted by atomic mass is 9.79. The normalized spacial score (nSPS) is 16.5. The summed E-state index contributed by atoms with van der Waals surface area (Å²) in [6.45, 7) is 3.62. The maximum Gasteiger partial charge on any atom is 0.227 e. The molecule has 0 bridgehead atoms. The predicted molar refractivity (Wildman–Crippen MR) is 96.7 cm³/mol. The molecular formula is C17H24BrN3O3. The molecule has 0 radical (unpaired) electrons. The Morgan fingerprint density at radius 2 is 2.04 bits per heavy atom. The molecule has 6 nitrogen and oxygen atoms in total. The monoisotopic (exact) mass is 397 g/mol. The van der Waals surface area contributed by atoms with E-state index in [2.05, 4.69) is 26.6 Å². The van der Waals surface area contributed by atoms with E-state index in [1.807, 2.05) is 25.1 Å². The maximum atomic E-state index is 12.4. The van der Waals surface area contributed by atoms with Gasteiger partial charge in [-0.2, -0.15) is 0 Å². The van der Waals surface area contributed by atoms with Crippen LogP contribution in [-0.2, 0) is 14.3 Å². The number of nitrogens with two attached hydrogens (primary N) is 1. The second-order valence-corrected chi connectivity index (χ2v) is 7.03. The molecule has 0 aromatic heterocycles. The lowest BCUT2D eigenvalue weighted by Crippen LogP contribution is -2.49. The van der Waals surface area contributed by atoms with Crippen molar-refractivity contribution in [1.82, 2.24) is 5.32 Å². The van der Waals surface area contributed by atoms with Crippen LogP contribution in [-0.4, -0.2) is 38.1 Å². The molecule has 1 heterocycles. The zero-order valence-electron chi connectivity index (χ0n) is 13.9. The van der Waals surface area contributed by atoms with Gasteiger partial charge in [0.1, 0.15) is 0 Å². The van der Waals surface area contributed by atoms with Gasteiger partial charge in [0, 0.05) is 42.9 Å². The second-order valence-electron chi connectivity index (χ2n) is 6.11. The Morgan fingerprint density at radius 1 is 1.33 bits per heavy atom. The van der Waals surface area contributed by atoms with E-state index in [-0.39, 0.29) is 18.2 Å². The number of ether oxygens (including phenoxy) is 1. The molecule has 2 rings (SSSR count). The van der Waals surface area contributed by atoms with Gasteiger partial charge < -0.3 is 21.1 Å².